The fourth-order valence-corrected chi connectivity index (χ4v) is 2.03. The molecule has 2 rings (SSSR count). The van der Waals surface area contributed by atoms with Crippen LogP contribution in [0.15, 0.2) is 18.2 Å². The van der Waals surface area contributed by atoms with Gasteiger partial charge in [-0.2, -0.15) is 0 Å². The van der Waals surface area contributed by atoms with Gasteiger partial charge in [0.2, 0.25) is 0 Å². The van der Waals surface area contributed by atoms with Gasteiger partial charge in [-0.15, -0.1) is 0 Å². The molecular formula is C13H17F2NO. The van der Waals surface area contributed by atoms with E-state index in [0.717, 1.165) is 19.4 Å². The lowest BCUT2D eigenvalue weighted by molar-refractivity contribution is 0.0167. The van der Waals surface area contributed by atoms with Crippen LogP contribution >= 0.6 is 0 Å². The molecule has 1 saturated heterocycles. The van der Waals surface area contributed by atoms with Gasteiger partial charge in [0.05, 0.1) is 6.10 Å². The van der Waals surface area contributed by atoms with Crippen molar-refractivity contribution in [1.82, 2.24) is 5.32 Å². The van der Waals surface area contributed by atoms with E-state index in [1.165, 1.54) is 24.6 Å². The highest BCUT2D eigenvalue weighted by atomic mass is 19.1. The number of nitrogens with one attached hydrogen (secondary N) is 1. The zero-order valence-electron chi connectivity index (χ0n) is 9.72. The van der Waals surface area contributed by atoms with Crippen LogP contribution in [0.25, 0.3) is 0 Å². The Morgan fingerprint density at radius 3 is 2.65 bits per heavy atom. The van der Waals surface area contributed by atoms with Crippen molar-refractivity contribution in [3.05, 3.63) is 35.4 Å². The molecule has 1 heterocycles. The highest BCUT2D eigenvalue weighted by molar-refractivity contribution is 5.19. The van der Waals surface area contributed by atoms with Crippen LogP contribution in [0.2, 0.25) is 0 Å². The zero-order chi connectivity index (χ0) is 12.1. The summed E-state index contributed by atoms with van der Waals surface area (Å²) < 4.78 is 32.1. The number of halogens is 2. The topological polar surface area (TPSA) is 21.3 Å². The number of rotatable bonds is 4. The van der Waals surface area contributed by atoms with Crippen molar-refractivity contribution in [3.8, 4) is 0 Å². The van der Waals surface area contributed by atoms with Crippen LogP contribution in [0.5, 0.6) is 0 Å². The summed E-state index contributed by atoms with van der Waals surface area (Å²) in [7, 11) is 0. The summed E-state index contributed by atoms with van der Waals surface area (Å²) >= 11 is 0. The van der Waals surface area contributed by atoms with Crippen molar-refractivity contribution in [1.29, 1.82) is 0 Å². The van der Waals surface area contributed by atoms with E-state index in [2.05, 4.69) is 5.32 Å². The largest absolute Gasteiger partial charge is 0.377 e. The summed E-state index contributed by atoms with van der Waals surface area (Å²) in [6.07, 6.45) is 3.48. The Bertz CT molecular complexity index is 344. The molecule has 0 bridgehead atoms. The maximum absolute atomic E-state index is 13.3. The van der Waals surface area contributed by atoms with Gasteiger partial charge in [-0.1, -0.05) is 6.07 Å². The summed E-state index contributed by atoms with van der Waals surface area (Å²) in [4.78, 5) is 0. The van der Waals surface area contributed by atoms with Gasteiger partial charge in [-0.3, -0.25) is 0 Å². The second kappa shape index (κ2) is 6.07. The summed E-state index contributed by atoms with van der Waals surface area (Å²) in [5.41, 5.74) is 0.100. The van der Waals surface area contributed by atoms with E-state index in [1.807, 2.05) is 0 Å². The van der Waals surface area contributed by atoms with Crippen LogP contribution in [0.1, 0.15) is 24.8 Å². The predicted octanol–water partition coefficient (Wildman–Crippen LogP) is 2.62. The fraction of sp³-hybridized carbons (Fsp3) is 0.538. The maximum atomic E-state index is 13.3. The lowest BCUT2D eigenvalue weighted by atomic mass is 10.1. The van der Waals surface area contributed by atoms with Crippen LogP contribution in [0.3, 0.4) is 0 Å². The van der Waals surface area contributed by atoms with Crippen molar-refractivity contribution < 1.29 is 13.5 Å². The first-order valence-electron chi connectivity index (χ1n) is 6.02. The minimum absolute atomic E-state index is 0.100. The van der Waals surface area contributed by atoms with E-state index in [-0.39, 0.29) is 18.2 Å². The van der Waals surface area contributed by atoms with Gasteiger partial charge in [0.15, 0.2) is 0 Å². The molecule has 4 heteroatoms. The van der Waals surface area contributed by atoms with E-state index in [4.69, 9.17) is 4.74 Å². The van der Waals surface area contributed by atoms with Gasteiger partial charge in [0.1, 0.15) is 11.6 Å². The number of hydrogen-bond donors (Lipinski definition) is 1. The van der Waals surface area contributed by atoms with Crippen molar-refractivity contribution in [2.75, 3.05) is 13.2 Å². The second-order valence-corrected chi connectivity index (χ2v) is 4.32. The third-order valence-electron chi connectivity index (χ3n) is 3.01. The normalized spacial score (nSPS) is 20.5. The van der Waals surface area contributed by atoms with Crippen LogP contribution in [-0.4, -0.2) is 19.3 Å². The first kappa shape index (κ1) is 12.5. The molecular weight excluding hydrogens is 224 g/mol. The molecule has 1 aliphatic rings. The molecule has 0 aromatic heterocycles. The second-order valence-electron chi connectivity index (χ2n) is 4.32. The minimum atomic E-state index is -0.498. The van der Waals surface area contributed by atoms with Crippen LogP contribution in [-0.2, 0) is 11.3 Å². The molecule has 2 nitrogen and oxygen atoms in total. The van der Waals surface area contributed by atoms with Crippen molar-refractivity contribution in [2.45, 2.75) is 31.9 Å². The molecule has 17 heavy (non-hydrogen) atoms. The van der Waals surface area contributed by atoms with E-state index in [9.17, 15) is 8.78 Å². The SMILES string of the molecule is Fc1cccc(F)c1CNCC1CCCCO1. The molecule has 1 aliphatic heterocycles. The third-order valence-corrected chi connectivity index (χ3v) is 3.01. The average Bonchev–Trinajstić information content (AvgIpc) is 2.34. The first-order chi connectivity index (χ1) is 8.27. The van der Waals surface area contributed by atoms with Gasteiger partial charge >= 0.3 is 0 Å². The van der Waals surface area contributed by atoms with Crippen molar-refractivity contribution >= 4 is 0 Å². The molecule has 0 aliphatic carbocycles. The van der Waals surface area contributed by atoms with Crippen molar-refractivity contribution in [3.63, 3.8) is 0 Å². The first-order valence-corrected chi connectivity index (χ1v) is 6.02. The Morgan fingerprint density at radius 2 is 2.00 bits per heavy atom. The number of benzene rings is 1. The Morgan fingerprint density at radius 1 is 1.24 bits per heavy atom. The van der Waals surface area contributed by atoms with Gasteiger partial charge < -0.3 is 10.1 Å². The Kier molecular flexibility index (Phi) is 4.45. The molecule has 0 radical (unpaired) electrons. The average molecular weight is 241 g/mol. The molecule has 1 unspecified atom stereocenters. The number of hydrogen-bond acceptors (Lipinski definition) is 2. The van der Waals surface area contributed by atoms with Crippen LogP contribution in [0, 0.1) is 11.6 Å². The molecule has 1 aromatic rings. The number of ether oxygens (including phenoxy) is 1. The summed E-state index contributed by atoms with van der Waals surface area (Å²) in [6.45, 7) is 1.65. The predicted molar refractivity (Wildman–Crippen MR) is 61.7 cm³/mol. The monoisotopic (exact) mass is 241 g/mol. The molecule has 1 fully saturated rings. The molecule has 94 valence electrons. The Hall–Kier alpha value is -1.00. The van der Waals surface area contributed by atoms with Crippen LogP contribution < -0.4 is 5.32 Å². The van der Waals surface area contributed by atoms with Crippen LogP contribution in [0.4, 0.5) is 8.78 Å². The Labute approximate surface area is 100.0 Å². The maximum Gasteiger partial charge on any atom is 0.130 e. The third kappa shape index (κ3) is 3.48. The van der Waals surface area contributed by atoms with E-state index >= 15 is 0 Å². The molecule has 0 spiro atoms. The summed E-state index contributed by atoms with van der Waals surface area (Å²) in [5, 5.41) is 3.05. The molecule has 1 N–H and O–H groups in total. The summed E-state index contributed by atoms with van der Waals surface area (Å²) in [5.74, 6) is -0.996. The lowest BCUT2D eigenvalue weighted by Gasteiger charge is -2.22. The zero-order valence-corrected chi connectivity index (χ0v) is 9.72. The highest BCUT2D eigenvalue weighted by Crippen LogP contribution is 2.13. The van der Waals surface area contributed by atoms with Crippen molar-refractivity contribution in [2.24, 2.45) is 0 Å². The molecule has 1 atom stereocenters. The minimum Gasteiger partial charge on any atom is -0.377 e. The van der Waals surface area contributed by atoms with Gasteiger partial charge in [0, 0.05) is 25.3 Å². The lowest BCUT2D eigenvalue weighted by Crippen LogP contribution is -2.31. The molecule has 0 amide bonds. The van der Waals surface area contributed by atoms with E-state index < -0.39 is 11.6 Å². The van der Waals surface area contributed by atoms with Gasteiger partial charge in [-0.25, -0.2) is 8.78 Å². The highest BCUT2D eigenvalue weighted by Gasteiger charge is 2.14. The standard InChI is InChI=1S/C13H17F2NO/c14-12-5-3-6-13(15)11(12)9-16-8-10-4-1-2-7-17-10/h3,5-6,10,16H,1-2,4,7-9H2. The van der Waals surface area contributed by atoms with E-state index in [0.29, 0.717) is 6.54 Å². The summed E-state index contributed by atoms with van der Waals surface area (Å²) in [6, 6.07) is 3.92. The van der Waals surface area contributed by atoms with Gasteiger partial charge in [0.25, 0.3) is 0 Å². The quantitative estimate of drug-likeness (QED) is 0.875. The fourth-order valence-electron chi connectivity index (χ4n) is 2.03. The Balaban J connectivity index is 1.81. The molecule has 1 aromatic carbocycles. The smallest absolute Gasteiger partial charge is 0.130 e. The van der Waals surface area contributed by atoms with Gasteiger partial charge in [-0.05, 0) is 31.4 Å². The van der Waals surface area contributed by atoms with E-state index in [1.54, 1.807) is 0 Å². The molecule has 0 saturated carbocycles.